The Morgan fingerprint density at radius 3 is 2.32 bits per heavy atom. The van der Waals surface area contributed by atoms with Gasteiger partial charge in [0.25, 0.3) is 5.91 Å². The molecule has 4 rings (SSSR count). The number of nitrogens with zero attached hydrogens (tertiary/aromatic N) is 3. The first-order valence-electron chi connectivity index (χ1n) is 9.91. The Morgan fingerprint density at radius 2 is 1.68 bits per heavy atom. The molecule has 1 fully saturated rings. The summed E-state index contributed by atoms with van der Waals surface area (Å²) in [5.74, 6) is -0.00461. The Hall–Kier alpha value is -2.84. The lowest BCUT2D eigenvalue weighted by molar-refractivity contribution is -0.137. The molecule has 1 amide bonds. The summed E-state index contributed by atoms with van der Waals surface area (Å²) >= 11 is 6.34. The van der Waals surface area contributed by atoms with E-state index in [9.17, 15) is 18.0 Å². The number of hydrogen-bond acceptors (Lipinski definition) is 3. The Morgan fingerprint density at radius 1 is 1.00 bits per heavy atom. The number of benzene rings is 2. The van der Waals surface area contributed by atoms with Crippen LogP contribution < -0.4 is 5.43 Å². The zero-order valence-corrected chi connectivity index (χ0v) is 17.2. The zero-order chi connectivity index (χ0) is 22.0. The van der Waals surface area contributed by atoms with Crippen molar-refractivity contribution in [2.24, 2.45) is 0 Å². The maximum atomic E-state index is 13.0. The number of rotatable bonds is 4. The Labute approximate surface area is 182 Å². The molecule has 0 saturated carbocycles. The van der Waals surface area contributed by atoms with Gasteiger partial charge < -0.3 is 0 Å². The van der Waals surface area contributed by atoms with Crippen LogP contribution in [0.15, 0.2) is 54.7 Å². The van der Waals surface area contributed by atoms with Crippen LogP contribution in [-0.2, 0) is 6.18 Å². The fourth-order valence-electron chi connectivity index (χ4n) is 3.54. The largest absolute Gasteiger partial charge is 0.416 e. The standard InChI is InChI=1S/C22H20ClF3N4O/c23-18-7-3-2-6-17(18)20-27-19(21(31)28-29-12-4-1-5-13-29)14-30(20)16-10-8-15(9-11-16)22(24,25)26/h2-3,6-11,14H,1,4-5,12-13H2,(H,28,31). The molecule has 1 aromatic heterocycles. The van der Waals surface area contributed by atoms with Crippen LogP contribution in [0.2, 0.25) is 5.02 Å². The highest BCUT2D eigenvalue weighted by Gasteiger charge is 2.30. The summed E-state index contributed by atoms with van der Waals surface area (Å²) in [7, 11) is 0. The van der Waals surface area contributed by atoms with E-state index in [1.807, 2.05) is 5.01 Å². The van der Waals surface area contributed by atoms with Crippen LogP contribution in [0.1, 0.15) is 35.3 Å². The summed E-state index contributed by atoms with van der Waals surface area (Å²) in [6, 6.07) is 11.7. The first-order chi connectivity index (χ1) is 14.8. The molecule has 31 heavy (non-hydrogen) atoms. The Bertz CT molecular complexity index is 1070. The van der Waals surface area contributed by atoms with E-state index >= 15 is 0 Å². The number of halogens is 4. The number of nitrogens with one attached hydrogen (secondary N) is 1. The molecule has 0 unspecified atom stereocenters. The van der Waals surface area contributed by atoms with Gasteiger partial charge in [-0.25, -0.2) is 9.99 Å². The van der Waals surface area contributed by atoms with Gasteiger partial charge in [0.15, 0.2) is 0 Å². The van der Waals surface area contributed by atoms with Crippen molar-refractivity contribution in [2.45, 2.75) is 25.4 Å². The van der Waals surface area contributed by atoms with E-state index in [1.54, 1.807) is 28.8 Å². The van der Waals surface area contributed by atoms with E-state index in [-0.39, 0.29) is 11.6 Å². The fourth-order valence-corrected chi connectivity index (χ4v) is 3.76. The molecular formula is C22H20ClF3N4O. The van der Waals surface area contributed by atoms with Crippen LogP contribution in [-0.4, -0.2) is 33.6 Å². The average Bonchev–Trinajstić information content (AvgIpc) is 3.20. The van der Waals surface area contributed by atoms with Gasteiger partial charge in [0.05, 0.1) is 10.6 Å². The smallest absolute Gasteiger partial charge is 0.299 e. The van der Waals surface area contributed by atoms with Gasteiger partial charge in [0.1, 0.15) is 11.5 Å². The van der Waals surface area contributed by atoms with Crippen molar-refractivity contribution in [2.75, 3.05) is 13.1 Å². The third-order valence-electron chi connectivity index (χ3n) is 5.14. The molecule has 5 nitrogen and oxygen atoms in total. The van der Waals surface area contributed by atoms with Crippen molar-refractivity contribution in [3.05, 3.63) is 71.0 Å². The van der Waals surface area contributed by atoms with Crippen LogP contribution in [0.3, 0.4) is 0 Å². The number of aromatic nitrogens is 2. The minimum atomic E-state index is -4.43. The molecule has 0 bridgehead atoms. The summed E-state index contributed by atoms with van der Waals surface area (Å²) in [6.07, 6.45) is 0.223. The predicted octanol–water partition coefficient (Wildman–Crippen LogP) is 5.34. The monoisotopic (exact) mass is 448 g/mol. The van der Waals surface area contributed by atoms with Gasteiger partial charge in [-0.15, -0.1) is 0 Å². The second-order valence-electron chi connectivity index (χ2n) is 7.33. The zero-order valence-electron chi connectivity index (χ0n) is 16.5. The molecule has 0 spiro atoms. The molecule has 2 aromatic carbocycles. The molecule has 1 aliphatic rings. The number of carbonyl (C=O) groups excluding carboxylic acids is 1. The number of piperidine rings is 1. The minimum Gasteiger partial charge on any atom is -0.299 e. The highest BCUT2D eigenvalue weighted by Crippen LogP contribution is 2.32. The minimum absolute atomic E-state index is 0.153. The lowest BCUT2D eigenvalue weighted by Crippen LogP contribution is -2.45. The highest BCUT2D eigenvalue weighted by atomic mass is 35.5. The van der Waals surface area contributed by atoms with Crippen LogP contribution in [0.5, 0.6) is 0 Å². The molecule has 1 aliphatic heterocycles. The van der Waals surface area contributed by atoms with E-state index in [1.165, 1.54) is 18.3 Å². The van der Waals surface area contributed by atoms with Crippen LogP contribution in [0.4, 0.5) is 13.2 Å². The number of amides is 1. The predicted molar refractivity (Wildman–Crippen MR) is 112 cm³/mol. The summed E-state index contributed by atoms with van der Waals surface area (Å²) in [4.78, 5) is 17.3. The molecule has 3 aromatic rings. The second kappa shape index (κ2) is 8.72. The van der Waals surface area contributed by atoms with E-state index in [4.69, 9.17) is 11.6 Å². The van der Waals surface area contributed by atoms with E-state index in [2.05, 4.69) is 10.4 Å². The van der Waals surface area contributed by atoms with E-state index in [0.717, 1.165) is 44.5 Å². The maximum absolute atomic E-state index is 13.0. The number of alkyl halides is 3. The maximum Gasteiger partial charge on any atom is 0.416 e. The molecule has 0 aliphatic carbocycles. The van der Waals surface area contributed by atoms with Crippen LogP contribution in [0.25, 0.3) is 17.1 Å². The third-order valence-corrected chi connectivity index (χ3v) is 5.47. The molecule has 1 saturated heterocycles. The fraction of sp³-hybridized carbons (Fsp3) is 0.273. The van der Waals surface area contributed by atoms with Gasteiger partial charge in [-0.3, -0.25) is 14.8 Å². The van der Waals surface area contributed by atoms with Gasteiger partial charge in [0.2, 0.25) is 0 Å². The van der Waals surface area contributed by atoms with Crippen molar-refractivity contribution in [1.82, 2.24) is 20.0 Å². The molecule has 1 N–H and O–H groups in total. The summed E-state index contributed by atoms with van der Waals surface area (Å²) in [5.41, 5.74) is 3.27. The molecular weight excluding hydrogens is 429 g/mol. The molecule has 0 radical (unpaired) electrons. The highest BCUT2D eigenvalue weighted by molar-refractivity contribution is 6.33. The SMILES string of the molecule is O=C(NN1CCCCC1)c1cn(-c2ccc(C(F)(F)F)cc2)c(-c2ccccc2Cl)n1. The van der Waals surface area contributed by atoms with Gasteiger partial charge >= 0.3 is 6.18 Å². The van der Waals surface area contributed by atoms with Crippen LogP contribution >= 0.6 is 11.6 Å². The number of carbonyl (C=O) groups is 1. The van der Waals surface area contributed by atoms with Gasteiger partial charge in [-0.2, -0.15) is 13.2 Å². The van der Waals surface area contributed by atoms with Gasteiger partial charge in [-0.1, -0.05) is 30.2 Å². The Balaban J connectivity index is 1.72. The topological polar surface area (TPSA) is 50.2 Å². The van der Waals surface area contributed by atoms with Crippen molar-refractivity contribution in [3.8, 4) is 17.1 Å². The van der Waals surface area contributed by atoms with E-state index in [0.29, 0.717) is 22.1 Å². The third kappa shape index (κ3) is 4.75. The molecule has 0 atom stereocenters. The lowest BCUT2D eigenvalue weighted by atomic mass is 10.2. The van der Waals surface area contributed by atoms with Crippen molar-refractivity contribution in [3.63, 3.8) is 0 Å². The van der Waals surface area contributed by atoms with Crippen molar-refractivity contribution < 1.29 is 18.0 Å². The van der Waals surface area contributed by atoms with Gasteiger partial charge in [0, 0.05) is 30.5 Å². The summed E-state index contributed by atoms with van der Waals surface area (Å²) in [5, 5.41) is 2.28. The Kier molecular flexibility index (Phi) is 6.02. The van der Waals surface area contributed by atoms with Gasteiger partial charge in [-0.05, 0) is 49.2 Å². The number of hydrazine groups is 1. The normalized spacial score (nSPS) is 15.1. The molecule has 162 valence electrons. The first-order valence-corrected chi connectivity index (χ1v) is 10.3. The molecule has 9 heteroatoms. The quantitative estimate of drug-likeness (QED) is 0.586. The lowest BCUT2D eigenvalue weighted by Gasteiger charge is -2.26. The van der Waals surface area contributed by atoms with Crippen LogP contribution in [0, 0.1) is 0 Å². The van der Waals surface area contributed by atoms with Crippen molar-refractivity contribution in [1.29, 1.82) is 0 Å². The average molecular weight is 449 g/mol. The summed E-state index contributed by atoms with van der Waals surface area (Å²) < 4.78 is 40.4. The first kappa shape index (κ1) is 21.4. The number of imidazole rings is 1. The van der Waals surface area contributed by atoms with E-state index < -0.39 is 11.7 Å². The summed E-state index contributed by atoms with van der Waals surface area (Å²) in [6.45, 7) is 1.53. The van der Waals surface area contributed by atoms with Crippen molar-refractivity contribution >= 4 is 17.5 Å². The second-order valence-corrected chi connectivity index (χ2v) is 7.74. The molecule has 2 heterocycles. The number of hydrogen-bond donors (Lipinski definition) is 1.